The number of halogens is 1. The predicted molar refractivity (Wildman–Crippen MR) is 94.0 cm³/mol. The molecule has 0 spiro atoms. The zero-order valence-electron chi connectivity index (χ0n) is 13.8. The third kappa shape index (κ3) is 3.86. The standard InChI is InChI=1S/C19H17ClN2O3/c1-22(12-14-5-3-13(11-21)4-6-14)19(23)15-9-16(20)18-17(10-15)24-7-2-8-25-18/h3-6,9-10H,2,7-8,12H2,1H3. The number of carbonyl (C=O) groups excluding carboxylic acids is 1. The summed E-state index contributed by atoms with van der Waals surface area (Å²) in [6, 6.07) is 12.5. The van der Waals surface area contributed by atoms with Crippen LogP contribution in [0.1, 0.15) is 27.9 Å². The number of ether oxygens (including phenoxy) is 2. The number of hydrogen-bond acceptors (Lipinski definition) is 4. The number of fused-ring (bicyclic) bond motifs is 1. The van der Waals surface area contributed by atoms with Crippen molar-refractivity contribution in [3.05, 3.63) is 58.1 Å². The lowest BCUT2D eigenvalue weighted by molar-refractivity contribution is 0.0784. The van der Waals surface area contributed by atoms with Crippen LogP contribution in [0.25, 0.3) is 0 Å². The second-order valence-corrected chi connectivity index (χ2v) is 6.21. The monoisotopic (exact) mass is 356 g/mol. The van der Waals surface area contributed by atoms with Gasteiger partial charge in [0.2, 0.25) is 0 Å². The van der Waals surface area contributed by atoms with Gasteiger partial charge in [0.05, 0.1) is 29.9 Å². The first-order chi connectivity index (χ1) is 12.1. The zero-order chi connectivity index (χ0) is 17.8. The molecule has 0 radical (unpaired) electrons. The number of rotatable bonds is 3. The Balaban J connectivity index is 1.78. The summed E-state index contributed by atoms with van der Waals surface area (Å²) in [5.41, 5.74) is 1.98. The average molecular weight is 357 g/mol. The summed E-state index contributed by atoms with van der Waals surface area (Å²) in [6.45, 7) is 1.50. The number of carbonyl (C=O) groups is 1. The number of amides is 1. The fourth-order valence-corrected chi connectivity index (χ4v) is 2.87. The molecule has 3 rings (SSSR count). The lowest BCUT2D eigenvalue weighted by Crippen LogP contribution is -2.26. The predicted octanol–water partition coefficient (Wildman–Crippen LogP) is 3.65. The van der Waals surface area contributed by atoms with E-state index in [9.17, 15) is 4.79 Å². The molecule has 0 N–H and O–H groups in total. The van der Waals surface area contributed by atoms with E-state index in [-0.39, 0.29) is 5.91 Å². The first-order valence-electron chi connectivity index (χ1n) is 7.92. The molecule has 0 saturated heterocycles. The molecule has 0 saturated carbocycles. The van der Waals surface area contributed by atoms with Gasteiger partial charge in [-0.1, -0.05) is 23.7 Å². The highest BCUT2D eigenvalue weighted by Gasteiger charge is 2.20. The second-order valence-electron chi connectivity index (χ2n) is 5.81. The van der Waals surface area contributed by atoms with Crippen LogP contribution in [-0.2, 0) is 6.54 Å². The maximum atomic E-state index is 12.7. The van der Waals surface area contributed by atoms with E-state index in [1.807, 2.05) is 12.1 Å². The molecule has 0 aliphatic carbocycles. The fraction of sp³-hybridized carbons (Fsp3) is 0.263. The molecular formula is C19H17ClN2O3. The van der Waals surface area contributed by atoms with Crippen LogP contribution < -0.4 is 9.47 Å². The maximum absolute atomic E-state index is 12.7. The second kappa shape index (κ2) is 7.45. The van der Waals surface area contributed by atoms with Crippen LogP contribution >= 0.6 is 11.6 Å². The summed E-state index contributed by atoms with van der Waals surface area (Å²) in [5.74, 6) is 0.826. The minimum absolute atomic E-state index is 0.165. The molecule has 0 fully saturated rings. The van der Waals surface area contributed by atoms with Gasteiger partial charge < -0.3 is 14.4 Å². The number of benzene rings is 2. The quantitative estimate of drug-likeness (QED) is 0.842. The van der Waals surface area contributed by atoms with Crippen LogP contribution in [0.15, 0.2) is 36.4 Å². The van der Waals surface area contributed by atoms with Gasteiger partial charge in [-0.25, -0.2) is 0 Å². The van der Waals surface area contributed by atoms with Crippen molar-refractivity contribution in [2.24, 2.45) is 0 Å². The molecule has 1 aliphatic rings. The Hall–Kier alpha value is -2.71. The van der Waals surface area contributed by atoms with Crippen molar-refractivity contribution < 1.29 is 14.3 Å². The summed E-state index contributed by atoms with van der Waals surface area (Å²) >= 11 is 6.26. The van der Waals surface area contributed by atoms with Crippen LogP contribution in [-0.4, -0.2) is 31.1 Å². The molecule has 25 heavy (non-hydrogen) atoms. The minimum atomic E-state index is -0.165. The largest absolute Gasteiger partial charge is 0.489 e. The lowest BCUT2D eigenvalue weighted by Gasteiger charge is -2.19. The van der Waals surface area contributed by atoms with E-state index in [1.54, 1.807) is 36.2 Å². The van der Waals surface area contributed by atoms with Crippen LogP contribution in [0.4, 0.5) is 0 Å². The van der Waals surface area contributed by atoms with Gasteiger partial charge in [0.1, 0.15) is 0 Å². The summed E-state index contributed by atoms with van der Waals surface area (Å²) in [4.78, 5) is 14.3. The van der Waals surface area contributed by atoms with Crippen LogP contribution in [0.5, 0.6) is 11.5 Å². The van der Waals surface area contributed by atoms with Crippen molar-refractivity contribution in [3.63, 3.8) is 0 Å². The van der Waals surface area contributed by atoms with Crippen molar-refractivity contribution in [1.29, 1.82) is 5.26 Å². The van der Waals surface area contributed by atoms with E-state index in [4.69, 9.17) is 26.3 Å². The van der Waals surface area contributed by atoms with Gasteiger partial charge in [-0.15, -0.1) is 0 Å². The van der Waals surface area contributed by atoms with Gasteiger partial charge in [-0.05, 0) is 29.8 Å². The minimum Gasteiger partial charge on any atom is -0.489 e. The summed E-state index contributed by atoms with van der Waals surface area (Å²) in [6.07, 6.45) is 0.771. The van der Waals surface area contributed by atoms with E-state index in [0.29, 0.717) is 47.4 Å². The van der Waals surface area contributed by atoms with E-state index in [2.05, 4.69) is 6.07 Å². The Bertz CT molecular complexity index is 828. The maximum Gasteiger partial charge on any atom is 0.254 e. The lowest BCUT2D eigenvalue weighted by atomic mass is 10.1. The Morgan fingerprint density at radius 3 is 2.68 bits per heavy atom. The van der Waals surface area contributed by atoms with Gasteiger partial charge in [-0.2, -0.15) is 5.26 Å². The Morgan fingerprint density at radius 1 is 1.24 bits per heavy atom. The average Bonchev–Trinajstić information content (AvgIpc) is 2.87. The molecule has 1 heterocycles. The molecule has 1 amide bonds. The van der Waals surface area contributed by atoms with Gasteiger partial charge in [0.15, 0.2) is 11.5 Å². The van der Waals surface area contributed by atoms with Crippen molar-refractivity contribution in [1.82, 2.24) is 4.90 Å². The highest BCUT2D eigenvalue weighted by Crippen LogP contribution is 2.38. The van der Waals surface area contributed by atoms with Crippen molar-refractivity contribution in [2.45, 2.75) is 13.0 Å². The number of nitrogens with zero attached hydrogens (tertiary/aromatic N) is 2. The van der Waals surface area contributed by atoms with Crippen molar-refractivity contribution in [3.8, 4) is 17.6 Å². The first-order valence-corrected chi connectivity index (χ1v) is 8.30. The summed E-state index contributed by atoms with van der Waals surface area (Å²) in [5, 5.41) is 9.21. The molecule has 2 aromatic rings. The number of hydrogen-bond donors (Lipinski definition) is 0. The van der Waals surface area contributed by atoms with Gasteiger partial charge >= 0.3 is 0 Å². The zero-order valence-corrected chi connectivity index (χ0v) is 14.5. The third-order valence-electron chi connectivity index (χ3n) is 3.90. The van der Waals surface area contributed by atoms with Gasteiger partial charge in [0, 0.05) is 25.6 Å². The highest BCUT2D eigenvalue weighted by atomic mass is 35.5. The Kier molecular flexibility index (Phi) is 5.11. The summed E-state index contributed by atoms with van der Waals surface area (Å²) in [7, 11) is 1.72. The van der Waals surface area contributed by atoms with Gasteiger partial charge in [-0.3, -0.25) is 4.79 Å². The molecule has 0 atom stereocenters. The summed E-state index contributed by atoms with van der Waals surface area (Å²) < 4.78 is 11.2. The van der Waals surface area contributed by atoms with Crippen LogP contribution in [0.3, 0.4) is 0 Å². The molecule has 0 aromatic heterocycles. The molecule has 5 nitrogen and oxygen atoms in total. The van der Waals surface area contributed by atoms with Crippen molar-refractivity contribution in [2.75, 3.05) is 20.3 Å². The molecular weight excluding hydrogens is 340 g/mol. The topological polar surface area (TPSA) is 62.6 Å². The molecule has 6 heteroatoms. The highest BCUT2D eigenvalue weighted by molar-refractivity contribution is 6.32. The van der Waals surface area contributed by atoms with Gasteiger partial charge in [0.25, 0.3) is 5.91 Å². The first kappa shape index (κ1) is 17.1. The number of nitriles is 1. The Labute approximate surface area is 151 Å². The smallest absolute Gasteiger partial charge is 0.254 e. The molecule has 0 bridgehead atoms. The van der Waals surface area contributed by atoms with E-state index in [0.717, 1.165) is 12.0 Å². The van der Waals surface area contributed by atoms with E-state index < -0.39 is 0 Å². The molecule has 2 aromatic carbocycles. The molecule has 128 valence electrons. The molecule has 0 unspecified atom stereocenters. The third-order valence-corrected chi connectivity index (χ3v) is 4.18. The fourth-order valence-electron chi connectivity index (χ4n) is 2.61. The Morgan fingerprint density at radius 2 is 1.96 bits per heavy atom. The van der Waals surface area contributed by atoms with Crippen LogP contribution in [0, 0.1) is 11.3 Å². The van der Waals surface area contributed by atoms with E-state index in [1.165, 1.54) is 0 Å². The van der Waals surface area contributed by atoms with Crippen molar-refractivity contribution >= 4 is 17.5 Å². The SMILES string of the molecule is CN(Cc1ccc(C#N)cc1)C(=O)c1cc(Cl)c2c(c1)OCCCO2. The van der Waals surface area contributed by atoms with Crippen LogP contribution in [0.2, 0.25) is 5.02 Å². The molecule has 1 aliphatic heterocycles. The normalized spacial score (nSPS) is 12.8. The van der Waals surface area contributed by atoms with E-state index >= 15 is 0 Å².